The fraction of sp³-hybridized carbons (Fsp3) is 0.474. The summed E-state index contributed by atoms with van der Waals surface area (Å²) in [5, 5.41) is 4.34. The van der Waals surface area contributed by atoms with Crippen LogP contribution in [0, 0.1) is 0 Å². The molecule has 0 bridgehead atoms. The van der Waals surface area contributed by atoms with Gasteiger partial charge in [-0.1, -0.05) is 6.07 Å². The third-order valence-electron chi connectivity index (χ3n) is 4.71. The molecule has 3 heterocycles. The lowest BCUT2D eigenvalue weighted by Crippen LogP contribution is -2.33. The number of rotatable bonds is 7. The molecule has 6 heteroatoms. The molecule has 134 valence electrons. The lowest BCUT2D eigenvalue weighted by molar-refractivity contribution is 0.283. The van der Waals surface area contributed by atoms with Crippen LogP contribution in [-0.2, 0) is 6.54 Å². The van der Waals surface area contributed by atoms with Gasteiger partial charge >= 0.3 is 0 Å². The average molecular weight is 358 g/mol. The zero-order valence-electron chi connectivity index (χ0n) is 15.2. The van der Waals surface area contributed by atoms with Crippen molar-refractivity contribution in [2.75, 3.05) is 27.2 Å². The van der Waals surface area contributed by atoms with Gasteiger partial charge in [-0.25, -0.2) is 0 Å². The Morgan fingerprint density at radius 3 is 2.76 bits per heavy atom. The molecule has 1 aliphatic rings. The molecule has 3 rings (SSSR count). The van der Waals surface area contributed by atoms with Crippen molar-refractivity contribution in [3.63, 3.8) is 0 Å². The quantitative estimate of drug-likeness (QED) is 0.771. The highest BCUT2D eigenvalue weighted by molar-refractivity contribution is 7.80. The largest absolute Gasteiger partial charge is 0.352 e. The molecule has 0 spiro atoms. The second-order valence-electron chi connectivity index (χ2n) is 6.70. The summed E-state index contributed by atoms with van der Waals surface area (Å²) in [6.07, 6.45) is 5.07. The minimum Gasteiger partial charge on any atom is -0.352 e. The fourth-order valence-corrected chi connectivity index (χ4v) is 3.84. The summed E-state index contributed by atoms with van der Waals surface area (Å²) in [5.41, 5.74) is 2.32. The first-order valence-corrected chi connectivity index (χ1v) is 9.30. The average Bonchev–Trinajstić information content (AvgIpc) is 3.19. The number of aryl methyl sites for hydroxylation is 1. The standard InChI is InChI=1S/C19H27N5S/c1-4-23-13-7-10-16(23)18-17(15-9-5-6-11-20-15)21-19(25)24(18)14-8-12-22(2)3/h5-7,9-11,13,17-18H,4,8,12,14H2,1-3H3,(H,21,25)/t17-,18-/m1/s1. The van der Waals surface area contributed by atoms with Gasteiger partial charge in [-0.3, -0.25) is 4.98 Å². The zero-order chi connectivity index (χ0) is 17.8. The maximum atomic E-state index is 5.69. The van der Waals surface area contributed by atoms with E-state index in [4.69, 9.17) is 12.2 Å². The van der Waals surface area contributed by atoms with E-state index in [-0.39, 0.29) is 12.1 Å². The van der Waals surface area contributed by atoms with Gasteiger partial charge in [-0.15, -0.1) is 0 Å². The first kappa shape index (κ1) is 17.9. The third-order valence-corrected chi connectivity index (χ3v) is 5.06. The van der Waals surface area contributed by atoms with Crippen LogP contribution in [-0.4, -0.2) is 51.6 Å². The Kier molecular flexibility index (Phi) is 5.71. The van der Waals surface area contributed by atoms with Crippen LogP contribution in [0.25, 0.3) is 0 Å². The third kappa shape index (κ3) is 3.85. The molecule has 1 saturated heterocycles. The van der Waals surface area contributed by atoms with Crippen LogP contribution in [0.5, 0.6) is 0 Å². The van der Waals surface area contributed by atoms with Gasteiger partial charge in [0.15, 0.2) is 5.11 Å². The molecule has 0 amide bonds. The molecule has 0 radical (unpaired) electrons. The van der Waals surface area contributed by atoms with Crippen molar-refractivity contribution in [3.8, 4) is 0 Å². The van der Waals surface area contributed by atoms with Gasteiger partial charge in [0.2, 0.25) is 0 Å². The van der Waals surface area contributed by atoms with Gasteiger partial charge in [0.1, 0.15) is 0 Å². The summed E-state index contributed by atoms with van der Waals surface area (Å²) < 4.78 is 2.30. The maximum absolute atomic E-state index is 5.69. The number of thiocarbonyl (C=S) groups is 1. The second-order valence-corrected chi connectivity index (χ2v) is 7.08. The van der Waals surface area contributed by atoms with E-state index in [9.17, 15) is 0 Å². The molecule has 2 aromatic heterocycles. The molecule has 2 aromatic rings. The SMILES string of the molecule is CCn1cccc1[C@@H]1[C@@H](c2ccccn2)NC(=S)N1CCCN(C)C. The van der Waals surface area contributed by atoms with Crippen molar-refractivity contribution in [2.24, 2.45) is 0 Å². The summed E-state index contributed by atoms with van der Waals surface area (Å²) in [7, 11) is 4.22. The van der Waals surface area contributed by atoms with Crippen LogP contribution >= 0.6 is 12.2 Å². The van der Waals surface area contributed by atoms with Crippen LogP contribution < -0.4 is 5.32 Å². The molecule has 0 saturated carbocycles. The van der Waals surface area contributed by atoms with Crippen LogP contribution in [0.15, 0.2) is 42.7 Å². The number of hydrogen-bond donors (Lipinski definition) is 1. The van der Waals surface area contributed by atoms with Crippen molar-refractivity contribution in [3.05, 3.63) is 54.1 Å². The highest BCUT2D eigenvalue weighted by Gasteiger charge is 2.40. The molecule has 1 N–H and O–H groups in total. The summed E-state index contributed by atoms with van der Waals surface area (Å²) in [6.45, 7) is 5.12. The van der Waals surface area contributed by atoms with Gasteiger partial charge in [-0.05, 0) is 70.5 Å². The van der Waals surface area contributed by atoms with Crippen molar-refractivity contribution in [1.29, 1.82) is 0 Å². The summed E-state index contributed by atoms with van der Waals surface area (Å²) in [6, 6.07) is 10.6. The Bertz CT molecular complexity index is 697. The number of pyridine rings is 1. The molecular formula is C19H27N5S. The van der Waals surface area contributed by atoms with Crippen molar-refractivity contribution in [1.82, 2.24) is 24.7 Å². The predicted octanol–water partition coefficient (Wildman–Crippen LogP) is 2.83. The predicted molar refractivity (Wildman–Crippen MR) is 105 cm³/mol. The van der Waals surface area contributed by atoms with E-state index < -0.39 is 0 Å². The first-order chi connectivity index (χ1) is 12.1. The minimum absolute atomic E-state index is 0.0771. The van der Waals surface area contributed by atoms with Gasteiger partial charge in [0.25, 0.3) is 0 Å². The van der Waals surface area contributed by atoms with Crippen LogP contribution in [0.2, 0.25) is 0 Å². The normalized spacial score (nSPS) is 20.3. The Hall–Kier alpha value is -1.92. The molecular weight excluding hydrogens is 330 g/mol. The molecule has 0 unspecified atom stereocenters. The topological polar surface area (TPSA) is 36.3 Å². The van der Waals surface area contributed by atoms with Gasteiger partial charge in [-0.2, -0.15) is 0 Å². The van der Waals surface area contributed by atoms with Crippen LogP contribution in [0.3, 0.4) is 0 Å². The molecule has 25 heavy (non-hydrogen) atoms. The number of nitrogens with one attached hydrogen (secondary N) is 1. The summed E-state index contributed by atoms with van der Waals surface area (Å²) >= 11 is 5.69. The van der Waals surface area contributed by atoms with E-state index in [1.807, 2.05) is 18.3 Å². The van der Waals surface area contributed by atoms with Gasteiger partial charge < -0.3 is 19.7 Å². The Balaban J connectivity index is 1.92. The Labute approximate surface area is 155 Å². The highest BCUT2D eigenvalue weighted by Crippen LogP contribution is 2.38. The summed E-state index contributed by atoms with van der Waals surface area (Å²) in [4.78, 5) is 9.14. The van der Waals surface area contributed by atoms with E-state index in [1.54, 1.807) is 0 Å². The van der Waals surface area contributed by atoms with Gasteiger partial charge in [0.05, 0.1) is 17.8 Å². The molecule has 0 aromatic carbocycles. The molecule has 1 aliphatic heterocycles. The molecule has 2 atom stereocenters. The first-order valence-electron chi connectivity index (χ1n) is 8.89. The monoisotopic (exact) mass is 357 g/mol. The highest BCUT2D eigenvalue weighted by atomic mass is 32.1. The fourth-order valence-electron chi connectivity index (χ4n) is 3.51. The maximum Gasteiger partial charge on any atom is 0.170 e. The molecule has 0 aliphatic carbocycles. The van der Waals surface area contributed by atoms with Crippen molar-refractivity contribution >= 4 is 17.3 Å². The van der Waals surface area contributed by atoms with E-state index in [2.05, 4.69) is 70.1 Å². The number of hydrogen-bond acceptors (Lipinski definition) is 3. The minimum atomic E-state index is 0.0771. The molecule has 5 nitrogen and oxygen atoms in total. The van der Waals surface area contributed by atoms with Crippen molar-refractivity contribution in [2.45, 2.75) is 32.0 Å². The number of nitrogens with zero attached hydrogens (tertiary/aromatic N) is 4. The Morgan fingerprint density at radius 1 is 1.24 bits per heavy atom. The van der Waals surface area contributed by atoms with E-state index >= 15 is 0 Å². The van der Waals surface area contributed by atoms with E-state index in [1.165, 1.54) is 5.69 Å². The summed E-state index contributed by atoms with van der Waals surface area (Å²) in [5.74, 6) is 0. The zero-order valence-corrected chi connectivity index (χ0v) is 16.0. The molecule has 1 fully saturated rings. The van der Waals surface area contributed by atoms with Crippen LogP contribution in [0.4, 0.5) is 0 Å². The van der Waals surface area contributed by atoms with E-state index in [0.717, 1.165) is 36.9 Å². The van der Waals surface area contributed by atoms with Crippen molar-refractivity contribution < 1.29 is 0 Å². The lowest BCUT2D eigenvalue weighted by atomic mass is 10.0. The van der Waals surface area contributed by atoms with Gasteiger partial charge in [0, 0.05) is 31.2 Å². The lowest BCUT2D eigenvalue weighted by Gasteiger charge is -2.29. The number of aromatic nitrogens is 2. The Morgan fingerprint density at radius 2 is 2.08 bits per heavy atom. The van der Waals surface area contributed by atoms with E-state index in [0.29, 0.717) is 0 Å². The smallest absolute Gasteiger partial charge is 0.170 e. The van der Waals surface area contributed by atoms with Crippen LogP contribution in [0.1, 0.15) is 36.8 Å². The second kappa shape index (κ2) is 7.97.